The number of carbonyl (C=O) groups excluding carboxylic acids is 1. The monoisotopic (exact) mass is 314 g/mol. The SMILES string of the molecule is CCCCOCCNC(=O)c1cc(N)cc(S(C)(=O)=O)c1. The second kappa shape index (κ2) is 7.99. The highest BCUT2D eigenvalue weighted by atomic mass is 32.2. The van der Waals surface area contributed by atoms with E-state index in [4.69, 9.17) is 10.5 Å². The normalized spacial score (nSPS) is 11.3. The fourth-order valence-electron chi connectivity index (χ4n) is 1.65. The molecule has 21 heavy (non-hydrogen) atoms. The van der Waals surface area contributed by atoms with Gasteiger partial charge in [0.1, 0.15) is 0 Å². The Morgan fingerprint density at radius 1 is 1.29 bits per heavy atom. The number of hydrogen-bond donors (Lipinski definition) is 2. The first-order valence-electron chi connectivity index (χ1n) is 6.81. The van der Waals surface area contributed by atoms with E-state index in [1.807, 2.05) is 0 Å². The van der Waals surface area contributed by atoms with Crippen LogP contribution in [0.15, 0.2) is 23.1 Å². The van der Waals surface area contributed by atoms with E-state index in [0.717, 1.165) is 19.1 Å². The molecule has 1 amide bonds. The van der Waals surface area contributed by atoms with Crippen LogP contribution in [0.4, 0.5) is 5.69 Å². The van der Waals surface area contributed by atoms with E-state index in [1.165, 1.54) is 18.2 Å². The number of ether oxygens (including phenoxy) is 1. The molecule has 0 radical (unpaired) electrons. The van der Waals surface area contributed by atoms with Crippen molar-refractivity contribution in [1.82, 2.24) is 5.32 Å². The minimum absolute atomic E-state index is 0.0341. The lowest BCUT2D eigenvalue weighted by Crippen LogP contribution is -2.27. The van der Waals surface area contributed by atoms with Gasteiger partial charge in [-0.05, 0) is 24.6 Å². The van der Waals surface area contributed by atoms with Crippen LogP contribution >= 0.6 is 0 Å². The largest absolute Gasteiger partial charge is 0.399 e. The Morgan fingerprint density at radius 2 is 2.00 bits per heavy atom. The highest BCUT2D eigenvalue weighted by molar-refractivity contribution is 7.90. The summed E-state index contributed by atoms with van der Waals surface area (Å²) in [6.07, 6.45) is 3.12. The lowest BCUT2D eigenvalue weighted by molar-refractivity contribution is 0.0912. The van der Waals surface area contributed by atoms with Gasteiger partial charge in [-0.2, -0.15) is 0 Å². The summed E-state index contributed by atoms with van der Waals surface area (Å²) in [7, 11) is -3.40. The third-order valence-corrected chi connectivity index (χ3v) is 3.89. The maximum Gasteiger partial charge on any atom is 0.251 e. The summed E-state index contributed by atoms with van der Waals surface area (Å²) in [6.45, 7) is 3.53. The van der Waals surface area contributed by atoms with E-state index in [2.05, 4.69) is 12.2 Å². The van der Waals surface area contributed by atoms with Crippen LogP contribution in [0.3, 0.4) is 0 Å². The molecule has 0 aliphatic heterocycles. The van der Waals surface area contributed by atoms with Crippen molar-refractivity contribution in [2.45, 2.75) is 24.7 Å². The number of hydrogen-bond acceptors (Lipinski definition) is 5. The fraction of sp³-hybridized carbons (Fsp3) is 0.500. The Morgan fingerprint density at radius 3 is 2.62 bits per heavy atom. The van der Waals surface area contributed by atoms with Crippen molar-refractivity contribution in [3.63, 3.8) is 0 Å². The molecule has 0 saturated heterocycles. The molecule has 0 bridgehead atoms. The molecule has 1 aromatic carbocycles. The molecule has 1 aromatic rings. The van der Waals surface area contributed by atoms with E-state index in [1.54, 1.807) is 0 Å². The van der Waals surface area contributed by atoms with Crippen LogP contribution in [0.1, 0.15) is 30.1 Å². The smallest absolute Gasteiger partial charge is 0.251 e. The first-order chi connectivity index (χ1) is 9.84. The third-order valence-electron chi connectivity index (χ3n) is 2.79. The highest BCUT2D eigenvalue weighted by Gasteiger charge is 2.13. The summed E-state index contributed by atoms with van der Waals surface area (Å²) in [5.74, 6) is -0.369. The van der Waals surface area contributed by atoms with E-state index in [0.29, 0.717) is 19.8 Å². The number of anilines is 1. The Labute approximate surface area is 125 Å². The molecule has 0 fully saturated rings. The average molecular weight is 314 g/mol. The van der Waals surface area contributed by atoms with Gasteiger partial charge in [0.05, 0.1) is 11.5 Å². The summed E-state index contributed by atoms with van der Waals surface area (Å²) in [6, 6.07) is 4.10. The van der Waals surface area contributed by atoms with Gasteiger partial charge in [-0.3, -0.25) is 4.79 Å². The third kappa shape index (κ3) is 6.14. The van der Waals surface area contributed by atoms with Gasteiger partial charge in [0.2, 0.25) is 0 Å². The number of amides is 1. The van der Waals surface area contributed by atoms with Gasteiger partial charge in [-0.1, -0.05) is 13.3 Å². The van der Waals surface area contributed by atoms with Crippen molar-refractivity contribution in [3.8, 4) is 0 Å². The number of rotatable bonds is 8. The van der Waals surface area contributed by atoms with Gasteiger partial charge >= 0.3 is 0 Å². The molecule has 0 aromatic heterocycles. The van der Waals surface area contributed by atoms with Gasteiger partial charge in [0.15, 0.2) is 9.84 Å². The van der Waals surface area contributed by atoms with Crippen LogP contribution < -0.4 is 11.1 Å². The molecule has 7 heteroatoms. The summed E-state index contributed by atoms with van der Waals surface area (Å²) in [5, 5.41) is 2.67. The van der Waals surface area contributed by atoms with Gasteiger partial charge in [0, 0.05) is 30.7 Å². The van der Waals surface area contributed by atoms with E-state index in [-0.39, 0.29) is 22.1 Å². The van der Waals surface area contributed by atoms with Crippen LogP contribution in [0, 0.1) is 0 Å². The number of sulfone groups is 1. The van der Waals surface area contributed by atoms with Gasteiger partial charge in [0.25, 0.3) is 5.91 Å². The summed E-state index contributed by atoms with van der Waals surface area (Å²) < 4.78 is 28.4. The number of nitrogens with one attached hydrogen (secondary N) is 1. The zero-order valence-electron chi connectivity index (χ0n) is 12.4. The van der Waals surface area contributed by atoms with Crippen LogP contribution in [-0.4, -0.2) is 40.3 Å². The molecular formula is C14H22N2O4S. The predicted octanol–water partition coefficient (Wildman–Crippen LogP) is 1.22. The first kappa shape index (κ1) is 17.5. The molecule has 0 heterocycles. The van der Waals surface area contributed by atoms with Crippen LogP contribution in [0.2, 0.25) is 0 Å². The fourth-order valence-corrected chi connectivity index (χ4v) is 2.35. The summed E-state index contributed by atoms with van der Waals surface area (Å²) >= 11 is 0. The topological polar surface area (TPSA) is 98.5 Å². The maximum absolute atomic E-state index is 11.9. The van der Waals surface area contributed by atoms with Crippen molar-refractivity contribution in [1.29, 1.82) is 0 Å². The molecule has 0 aliphatic rings. The maximum atomic E-state index is 11.9. The number of unbranched alkanes of at least 4 members (excludes halogenated alkanes) is 1. The Hall–Kier alpha value is -1.60. The Bertz CT molecular complexity index is 585. The lowest BCUT2D eigenvalue weighted by Gasteiger charge is -2.08. The standard InChI is InChI=1S/C14H22N2O4S/c1-3-4-6-20-7-5-16-14(17)11-8-12(15)10-13(9-11)21(2,18)19/h8-10H,3-7,15H2,1-2H3,(H,16,17). The number of nitrogens with two attached hydrogens (primary N) is 1. The second-order valence-electron chi connectivity index (χ2n) is 4.78. The molecule has 0 saturated carbocycles. The zero-order valence-corrected chi connectivity index (χ0v) is 13.2. The van der Waals surface area contributed by atoms with Crippen LogP contribution in [-0.2, 0) is 14.6 Å². The van der Waals surface area contributed by atoms with Crippen molar-refractivity contribution in [2.75, 3.05) is 31.7 Å². The van der Waals surface area contributed by atoms with E-state index < -0.39 is 9.84 Å². The molecule has 0 spiro atoms. The van der Waals surface area contributed by atoms with Gasteiger partial charge in [-0.25, -0.2) is 8.42 Å². The number of carbonyl (C=O) groups is 1. The number of nitrogen functional groups attached to an aromatic ring is 1. The number of benzene rings is 1. The first-order valence-corrected chi connectivity index (χ1v) is 8.70. The quantitative estimate of drug-likeness (QED) is 0.555. The summed E-state index contributed by atoms with van der Waals surface area (Å²) in [5.41, 5.74) is 6.10. The molecule has 0 aliphatic carbocycles. The minimum Gasteiger partial charge on any atom is -0.399 e. The molecule has 3 N–H and O–H groups in total. The minimum atomic E-state index is -3.40. The van der Waals surface area contributed by atoms with Crippen molar-refractivity contribution < 1.29 is 17.9 Å². The molecule has 6 nitrogen and oxygen atoms in total. The molecule has 118 valence electrons. The predicted molar refractivity (Wildman–Crippen MR) is 82.0 cm³/mol. The van der Waals surface area contributed by atoms with Gasteiger partial charge in [-0.15, -0.1) is 0 Å². The zero-order chi connectivity index (χ0) is 15.9. The van der Waals surface area contributed by atoms with E-state index in [9.17, 15) is 13.2 Å². The van der Waals surface area contributed by atoms with Crippen molar-refractivity contribution in [3.05, 3.63) is 23.8 Å². The van der Waals surface area contributed by atoms with Crippen LogP contribution in [0.25, 0.3) is 0 Å². The highest BCUT2D eigenvalue weighted by Crippen LogP contribution is 2.16. The van der Waals surface area contributed by atoms with Crippen molar-refractivity contribution in [2.24, 2.45) is 0 Å². The van der Waals surface area contributed by atoms with E-state index >= 15 is 0 Å². The van der Waals surface area contributed by atoms with Gasteiger partial charge < -0.3 is 15.8 Å². The van der Waals surface area contributed by atoms with Crippen molar-refractivity contribution >= 4 is 21.4 Å². The Kier molecular flexibility index (Phi) is 6.64. The second-order valence-corrected chi connectivity index (χ2v) is 6.80. The molecule has 0 atom stereocenters. The molecular weight excluding hydrogens is 292 g/mol. The molecule has 1 rings (SSSR count). The lowest BCUT2D eigenvalue weighted by atomic mass is 10.2. The summed E-state index contributed by atoms with van der Waals surface area (Å²) in [4.78, 5) is 12.0. The Balaban J connectivity index is 2.60. The van der Waals surface area contributed by atoms with Crippen LogP contribution in [0.5, 0.6) is 0 Å². The molecule has 0 unspecified atom stereocenters. The average Bonchev–Trinajstić information content (AvgIpc) is 2.40.